The number of carbonyl (C=O) groups excluding carboxylic acids is 1. The van der Waals surface area contributed by atoms with Crippen LogP contribution in [0.1, 0.15) is 16.1 Å². The number of nitrogens with zero attached hydrogens (tertiary/aromatic N) is 1. The van der Waals surface area contributed by atoms with Crippen LogP contribution in [0.4, 0.5) is 11.5 Å². The van der Waals surface area contributed by atoms with E-state index in [1.54, 1.807) is 24.3 Å². The van der Waals surface area contributed by atoms with E-state index < -0.39 is 0 Å². The van der Waals surface area contributed by atoms with Gasteiger partial charge in [0.1, 0.15) is 0 Å². The van der Waals surface area contributed by atoms with Gasteiger partial charge in [-0.05, 0) is 25.1 Å². The number of benzene rings is 1. The molecule has 4 N–H and O–H groups in total. The number of aromatic amines is 1. The lowest BCUT2D eigenvalue weighted by molar-refractivity contribution is 0.102. The van der Waals surface area contributed by atoms with Gasteiger partial charge in [0.05, 0.1) is 5.56 Å². The molecule has 0 saturated heterocycles. The fourth-order valence-electron chi connectivity index (χ4n) is 1.39. The van der Waals surface area contributed by atoms with Crippen LogP contribution in [0.5, 0.6) is 0 Å². The fraction of sp³-hybridized carbons (Fsp3) is 0.0909. The molecule has 1 heterocycles. The molecule has 6 heteroatoms. The number of anilines is 2. The molecule has 17 heavy (non-hydrogen) atoms. The Hall–Kier alpha value is -1.82. The van der Waals surface area contributed by atoms with Gasteiger partial charge in [0, 0.05) is 21.9 Å². The lowest BCUT2D eigenvalue weighted by Gasteiger charge is -2.05. The molecule has 0 saturated carbocycles. The van der Waals surface area contributed by atoms with E-state index >= 15 is 0 Å². The molecule has 0 bridgehead atoms. The molecule has 0 aliphatic heterocycles. The maximum Gasteiger partial charge on any atom is 0.258 e. The predicted molar refractivity (Wildman–Crippen MR) is 69.8 cm³/mol. The highest BCUT2D eigenvalue weighted by Crippen LogP contribution is 2.19. The molecule has 88 valence electrons. The van der Waals surface area contributed by atoms with E-state index in [2.05, 4.69) is 31.4 Å². The van der Waals surface area contributed by atoms with Crippen molar-refractivity contribution in [2.45, 2.75) is 6.92 Å². The third-order valence-corrected chi connectivity index (χ3v) is 2.70. The monoisotopic (exact) mass is 294 g/mol. The number of hydrogen-bond donors (Lipinski definition) is 3. The van der Waals surface area contributed by atoms with Crippen LogP contribution in [0, 0.1) is 6.92 Å². The summed E-state index contributed by atoms with van der Waals surface area (Å²) in [6.07, 6.45) is 0. The summed E-state index contributed by atoms with van der Waals surface area (Å²) >= 11 is 3.30. The number of nitrogen functional groups attached to an aromatic ring is 1. The van der Waals surface area contributed by atoms with E-state index in [0.717, 1.165) is 10.2 Å². The highest BCUT2D eigenvalue weighted by molar-refractivity contribution is 9.10. The Morgan fingerprint density at radius 2 is 2.24 bits per heavy atom. The normalized spacial score (nSPS) is 10.2. The van der Waals surface area contributed by atoms with E-state index in [0.29, 0.717) is 17.1 Å². The molecule has 0 fully saturated rings. The van der Waals surface area contributed by atoms with Crippen molar-refractivity contribution >= 4 is 33.3 Å². The van der Waals surface area contributed by atoms with Crippen molar-refractivity contribution in [2.24, 2.45) is 0 Å². The van der Waals surface area contributed by atoms with Crippen LogP contribution in [0.25, 0.3) is 0 Å². The van der Waals surface area contributed by atoms with Crippen molar-refractivity contribution in [3.63, 3.8) is 0 Å². The highest BCUT2D eigenvalue weighted by Gasteiger charge is 2.11. The van der Waals surface area contributed by atoms with Gasteiger partial charge in [0.2, 0.25) is 0 Å². The molecule has 2 rings (SSSR count). The van der Waals surface area contributed by atoms with E-state index in [1.165, 1.54) is 0 Å². The van der Waals surface area contributed by atoms with Crippen LogP contribution < -0.4 is 11.1 Å². The summed E-state index contributed by atoms with van der Waals surface area (Å²) in [6, 6.07) is 6.87. The number of aromatic nitrogens is 2. The van der Waals surface area contributed by atoms with E-state index in [9.17, 15) is 4.79 Å². The predicted octanol–water partition coefficient (Wildman–Crippen LogP) is 2.32. The van der Waals surface area contributed by atoms with Gasteiger partial charge in [-0.3, -0.25) is 9.89 Å². The Kier molecular flexibility index (Phi) is 3.14. The van der Waals surface area contributed by atoms with Crippen LogP contribution in [0.2, 0.25) is 0 Å². The third kappa shape index (κ3) is 2.65. The topological polar surface area (TPSA) is 83.8 Å². The van der Waals surface area contributed by atoms with Crippen LogP contribution in [-0.4, -0.2) is 16.1 Å². The van der Waals surface area contributed by atoms with Gasteiger partial charge < -0.3 is 11.1 Å². The molecule has 1 amide bonds. The van der Waals surface area contributed by atoms with Crippen molar-refractivity contribution in [1.29, 1.82) is 0 Å². The quantitative estimate of drug-likeness (QED) is 0.743. The number of halogens is 1. The zero-order valence-electron chi connectivity index (χ0n) is 9.12. The Morgan fingerprint density at radius 1 is 1.47 bits per heavy atom. The lowest BCUT2D eigenvalue weighted by Crippen LogP contribution is -2.14. The number of aryl methyl sites for hydroxylation is 1. The molecule has 0 unspecified atom stereocenters. The molecule has 1 aromatic heterocycles. The van der Waals surface area contributed by atoms with Crippen molar-refractivity contribution < 1.29 is 4.79 Å². The fourth-order valence-corrected chi connectivity index (χ4v) is 1.75. The number of carbonyl (C=O) groups is 1. The first-order chi connectivity index (χ1) is 8.06. The summed E-state index contributed by atoms with van der Waals surface area (Å²) in [6.45, 7) is 1.86. The van der Waals surface area contributed by atoms with E-state index in [1.807, 2.05) is 6.92 Å². The van der Waals surface area contributed by atoms with Gasteiger partial charge >= 0.3 is 0 Å². The Labute approximate surface area is 107 Å². The second-order valence-corrected chi connectivity index (χ2v) is 4.54. The first-order valence-electron chi connectivity index (χ1n) is 4.94. The summed E-state index contributed by atoms with van der Waals surface area (Å²) in [5.74, 6) is 0.196. The SMILES string of the molecule is Cc1cc(NC(=O)c2cc(Br)ccc2N)n[nH]1. The number of hydrogen-bond acceptors (Lipinski definition) is 3. The smallest absolute Gasteiger partial charge is 0.258 e. The number of rotatable bonds is 2. The minimum Gasteiger partial charge on any atom is -0.398 e. The van der Waals surface area contributed by atoms with Gasteiger partial charge in [-0.15, -0.1) is 0 Å². The van der Waals surface area contributed by atoms with E-state index in [-0.39, 0.29) is 5.91 Å². The zero-order valence-corrected chi connectivity index (χ0v) is 10.7. The van der Waals surface area contributed by atoms with Crippen molar-refractivity contribution in [3.05, 3.63) is 40.0 Å². The minimum absolute atomic E-state index is 0.282. The summed E-state index contributed by atoms with van der Waals surface area (Å²) < 4.78 is 0.801. The van der Waals surface area contributed by atoms with Crippen molar-refractivity contribution in [1.82, 2.24) is 10.2 Å². The second-order valence-electron chi connectivity index (χ2n) is 3.62. The van der Waals surface area contributed by atoms with Crippen LogP contribution in [0.15, 0.2) is 28.7 Å². The average molecular weight is 295 g/mol. The molecule has 0 atom stereocenters. The summed E-state index contributed by atoms with van der Waals surface area (Å²) in [7, 11) is 0. The maximum absolute atomic E-state index is 11.9. The molecule has 5 nitrogen and oxygen atoms in total. The number of nitrogens with two attached hydrogens (primary N) is 1. The molecule has 0 spiro atoms. The van der Waals surface area contributed by atoms with Crippen molar-refractivity contribution in [3.8, 4) is 0 Å². The molecule has 2 aromatic rings. The molecule has 0 aliphatic rings. The first-order valence-corrected chi connectivity index (χ1v) is 5.74. The van der Waals surface area contributed by atoms with Gasteiger partial charge in [-0.1, -0.05) is 15.9 Å². The van der Waals surface area contributed by atoms with Crippen LogP contribution >= 0.6 is 15.9 Å². The first kappa shape index (κ1) is 11.7. The van der Waals surface area contributed by atoms with Gasteiger partial charge in [0.25, 0.3) is 5.91 Å². The van der Waals surface area contributed by atoms with Crippen LogP contribution in [0.3, 0.4) is 0 Å². The largest absolute Gasteiger partial charge is 0.398 e. The Balaban J connectivity index is 2.22. The van der Waals surface area contributed by atoms with Gasteiger partial charge in [-0.2, -0.15) is 5.10 Å². The second kappa shape index (κ2) is 4.58. The molecule has 1 aromatic carbocycles. The van der Waals surface area contributed by atoms with E-state index in [4.69, 9.17) is 5.73 Å². The number of H-pyrrole nitrogens is 1. The van der Waals surface area contributed by atoms with Crippen LogP contribution in [-0.2, 0) is 0 Å². The molecular weight excluding hydrogens is 284 g/mol. The number of nitrogens with one attached hydrogen (secondary N) is 2. The lowest BCUT2D eigenvalue weighted by atomic mass is 10.1. The molecular formula is C11H11BrN4O. The number of amides is 1. The summed E-state index contributed by atoms with van der Waals surface area (Å²) in [5, 5.41) is 9.34. The maximum atomic E-state index is 11.9. The van der Waals surface area contributed by atoms with Crippen molar-refractivity contribution in [2.75, 3.05) is 11.1 Å². The Bertz CT molecular complexity index is 564. The van der Waals surface area contributed by atoms with Gasteiger partial charge in [-0.25, -0.2) is 0 Å². The summed E-state index contributed by atoms with van der Waals surface area (Å²) in [5.41, 5.74) is 7.46. The molecule has 0 radical (unpaired) electrons. The minimum atomic E-state index is -0.282. The molecule has 0 aliphatic carbocycles. The van der Waals surface area contributed by atoms with Gasteiger partial charge in [0.15, 0.2) is 5.82 Å². The highest BCUT2D eigenvalue weighted by atomic mass is 79.9. The average Bonchev–Trinajstić information content (AvgIpc) is 2.67. The third-order valence-electron chi connectivity index (χ3n) is 2.21. The zero-order chi connectivity index (χ0) is 12.4. The summed E-state index contributed by atoms with van der Waals surface area (Å²) in [4.78, 5) is 11.9. The Morgan fingerprint density at radius 3 is 2.88 bits per heavy atom. The standard InChI is InChI=1S/C11H11BrN4O/c1-6-4-10(16-15-6)14-11(17)8-5-7(12)2-3-9(8)13/h2-5H,13H2,1H3,(H2,14,15,16,17).